The molecule has 0 amide bonds. The molecular formula is C16H20N4S2. The quantitative estimate of drug-likeness (QED) is 0.438. The largest absolute Gasteiger partial charge is 0.375 e. The minimum Gasteiger partial charge on any atom is -0.375 e. The maximum atomic E-state index is 9.53. The fourth-order valence-electron chi connectivity index (χ4n) is 1.87. The molecule has 0 aromatic heterocycles. The van der Waals surface area contributed by atoms with Crippen LogP contribution in [0, 0.1) is 18.3 Å². The van der Waals surface area contributed by atoms with E-state index in [1.165, 1.54) is 0 Å². The third kappa shape index (κ3) is 5.10. The molecule has 0 heterocycles. The van der Waals surface area contributed by atoms with Crippen molar-refractivity contribution >= 4 is 40.2 Å². The van der Waals surface area contributed by atoms with Crippen LogP contribution in [0.5, 0.6) is 0 Å². The third-order valence-electron chi connectivity index (χ3n) is 2.81. The predicted molar refractivity (Wildman–Crippen MR) is 99.4 cm³/mol. The van der Waals surface area contributed by atoms with E-state index in [1.807, 2.05) is 45.0 Å². The van der Waals surface area contributed by atoms with E-state index in [4.69, 9.17) is 24.4 Å². The molecule has 0 atom stereocenters. The zero-order chi connectivity index (χ0) is 16.5. The van der Waals surface area contributed by atoms with Crippen LogP contribution in [0.25, 0.3) is 5.70 Å². The van der Waals surface area contributed by atoms with Crippen LogP contribution < -0.4 is 16.0 Å². The van der Waals surface area contributed by atoms with Gasteiger partial charge in [-0.05, 0) is 44.6 Å². The number of benzene rings is 1. The van der Waals surface area contributed by atoms with Crippen LogP contribution in [0.1, 0.15) is 25.0 Å². The summed E-state index contributed by atoms with van der Waals surface area (Å²) in [5.74, 6) is 0. The summed E-state index contributed by atoms with van der Waals surface area (Å²) in [6.45, 7) is 7.25. The van der Waals surface area contributed by atoms with Gasteiger partial charge in [0.2, 0.25) is 0 Å². The monoisotopic (exact) mass is 332 g/mol. The van der Waals surface area contributed by atoms with Gasteiger partial charge in [-0.3, -0.25) is 0 Å². The lowest BCUT2D eigenvalue weighted by molar-refractivity contribution is 0.950. The Labute approximate surface area is 142 Å². The molecule has 1 aromatic rings. The number of rotatable bonds is 5. The summed E-state index contributed by atoms with van der Waals surface area (Å²) in [5, 5.41) is 19.1. The molecule has 0 aliphatic heterocycles. The second kappa shape index (κ2) is 9.13. The zero-order valence-electron chi connectivity index (χ0n) is 13.0. The van der Waals surface area contributed by atoms with E-state index in [1.54, 1.807) is 0 Å². The van der Waals surface area contributed by atoms with Crippen molar-refractivity contribution in [2.75, 3.05) is 13.1 Å². The Morgan fingerprint density at radius 2 is 1.86 bits per heavy atom. The maximum Gasteiger partial charge on any atom is 0.170 e. The second-order valence-corrected chi connectivity index (χ2v) is 5.39. The molecule has 0 unspecified atom stereocenters. The highest BCUT2D eigenvalue weighted by molar-refractivity contribution is 7.81. The van der Waals surface area contributed by atoms with Gasteiger partial charge in [-0.2, -0.15) is 5.26 Å². The molecule has 4 nitrogen and oxygen atoms in total. The van der Waals surface area contributed by atoms with Crippen LogP contribution in [0.15, 0.2) is 29.8 Å². The number of hydrogen-bond donors (Lipinski definition) is 3. The highest BCUT2D eigenvalue weighted by Crippen LogP contribution is 2.18. The average Bonchev–Trinajstić information content (AvgIpc) is 2.47. The van der Waals surface area contributed by atoms with Crippen molar-refractivity contribution in [1.82, 2.24) is 16.0 Å². The van der Waals surface area contributed by atoms with Gasteiger partial charge in [-0.1, -0.05) is 36.0 Å². The van der Waals surface area contributed by atoms with Gasteiger partial charge in [-0.15, -0.1) is 0 Å². The Hall–Kier alpha value is -1.97. The van der Waals surface area contributed by atoms with Crippen LogP contribution in [-0.4, -0.2) is 23.2 Å². The smallest absolute Gasteiger partial charge is 0.170 e. The van der Waals surface area contributed by atoms with E-state index in [2.05, 4.69) is 22.0 Å². The average molecular weight is 332 g/mol. The number of likely N-dealkylation sites (N-methyl/N-ethyl adjacent to an activating group) is 1. The van der Waals surface area contributed by atoms with E-state index in [-0.39, 0.29) is 0 Å². The van der Waals surface area contributed by atoms with Crippen molar-refractivity contribution in [1.29, 1.82) is 5.26 Å². The third-order valence-corrected chi connectivity index (χ3v) is 3.40. The predicted octanol–water partition coefficient (Wildman–Crippen LogP) is 2.65. The normalized spacial score (nSPS) is 11.0. The van der Waals surface area contributed by atoms with Gasteiger partial charge in [0, 0.05) is 13.1 Å². The minimum absolute atomic E-state index is 0.378. The first-order valence-electron chi connectivity index (χ1n) is 7.07. The summed E-state index contributed by atoms with van der Waals surface area (Å²) >= 11 is 10.6. The Bertz CT molecular complexity index is 629. The summed E-state index contributed by atoms with van der Waals surface area (Å²) < 4.78 is 0. The number of hydrogen-bond acceptors (Lipinski definition) is 3. The minimum atomic E-state index is 0.378. The topological polar surface area (TPSA) is 59.9 Å². The molecule has 0 saturated heterocycles. The van der Waals surface area contributed by atoms with Crippen molar-refractivity contribution in [3.05, 3.63) is 41.0 Å². The highest BCUT2D eigenvalue weighted by Gasteiger charge is 2.15. The first-order valence-corrected chi connectivity index (χ1v) is 7.89. The fourth-order valence-corrected chi connectivity index (χ4v) is 2.41. The van der Waals surface area contributed by atoms with E-state index < -0.39 is 0 Å². The molecule has 22 heavy (non-hydrogen) atoms. The first-order chi connectivity index (χ1) is 10.5. The van der Waals surface area contributed by atoms with Gasteiger partial charge in [0.25, 0.3) is 0 Å². The van der Waals surface area contributed by atoms with Crippen LogP contribution >= 0.6 is 24.4 Å². The lowest BCUT2D eigenvalue weighted by atomic mass is 10.0. The van der Waals surface area contributed by atoms with E-state index in [0.29, 0.717) is 34.5 Å². The van der Waals surface area contributed by atoms with E-state index in [9.17, 15) is 5.26 Å². The Balaban J connectivity index is 3.34. The standard InChI is InChI=1S/C16H20N4S2/c1-4-18-15(21)13(10-17)14(20-16(22)19-5-2)12-8-6-7-11(3)9-12/h6-9H,4-5H2,1-3H3,(H,18,21)(H2,19,20,22)/b14-13-. The lowest BCUT2D eigenvalue weighted by Crippen LogP contribution is -2.35. The van der Waals surface area contributed by atoms with Crippen LogP contribution in [0.2, 0.25) is 0 Å². The van der Waals surface area contributed by atoms with Gasteiger partial charge in [-0.25, -0.2) is 0 Å². The summed E-state index contributed by atoms with van der Waals surface area (Å²) in [6, 6.07) is 10.0. The first kappa shape index (κ1) is 18.1. The van der Waals surface area contributed by atoms with Gasteiger partial charge in [0.15, 0.2) is 5.11 Å². The van der Waals surface area contributed by atoms with Crippen molar-refractivity contribution < 1.29 is 0 Å². The number of nitrogens with zero attached hydrogens (tertiary/aromatic N) is 1. The molecule has 116 valence electrons. The molecule has 3 N–H and O–H groups in total. The Morgan fingerprint density at radius 1 is 1.18 bits per heavy atom. The van der Waals surface area contributed by atoms with Crippen LogP contribution in [0.3, 0.4) is 0 Å². The second-order valence-electron chi connectivity index (χ2n) is 4.58. The van der Waals surface area contributed by atoms with Crippen LogP contribution in [-0.2, 0) is 0 Å². The van der Waals surface area contributed by atoms with Crippen molar-refractivity contribution in [3.63, 3.8) is 0 Å². The summed E-state index contributed by atoms with van der Waals surface area (Å²) in [4.78, 5) is 0.410. The Kier molecular flexibility index (Phi) is 7.50. The van der Waals surface area contributed by atoms with Gasteiger partial charge in [0.05, 0.1) is 5.70 Å². The van der Waals surface area contributed by atoms with Crippen molar-refractivity contribution in [2.24, 2.45) is 0 Å². The van der Waals surface area contributed by atoms with Gasteiger partial charge < -0.3 is 16.0 Å². The van der Waals surface area contributed by atoms with Gasteiger partial charge in [0.1, 0.15) is 16.6 Å². The summed E-state index contributed by atoms with van der Waals surface area (Å²) in [7, 11) is 0. The van der Waals surface area contributed by atoms with Gasteiger partial charge >= 0.3 is 0 Å². The summed E-state index contributed by atoms with van der Waals surface area (Å²) in [5.41, 5.74) is 2.96. The number of thiocarbonyl (C=S) groups is 2. The molecule has 0 aliphatic rings. The SMILES string of the molecule is CCNC(=S)N/C(=C(/C#N)C(=S)NCC)c1cccc(C)c1. The van der Waals surface area contributed by atoms with E-state index >= 15 is 0 Å². The molecule has 1 rings (SSSR count). The molecule has 6 heteroatoms. The summed E-state index contributed by atoms with van der Waals surface area (Å²) in [6.07, 6.45) is 0. The molecule has 0 fully saturated rings. The maximum absolute atomic E-state index is 9.53. The van der Waals surface area contributed by atoms with Crippen LogP contribution in [0.4, 0.5) is 0 Å². The number of aryl methyl sites for hydroxylation is 1. The molecule has 0 spiro atoms. The molecule has 0 aliphatic carbocycles. The fraction of sp³-hybridized carbons (Fsp3) is 0.312. The zero-order valence-corrected chi connectivity index (χ0v) is 14.6. The molecular weight excluding hydrogens is 312 g/mol. The lowest BCUT2D eigenvalue weighted by Gasteiger charge is -2.16. The Morgan fingerprint density at radius 3 is 2.41 bits per heavy atom. The number of nitriles is 1. The molecule has 0 saturated carbocycles. The molecule has 1 aromatic carbocycles. The van der Waals surface area contributed by atoms with E-state index in [0.717, 1.165) is 11.1 Å². The van der Waals surface area contributed by atoms with Crippen molar-refractivity contribution in [3.8, 4) is 6.07 Å². The highest BCUT2D eigenvalue weighted by atomic mass is 32.1. The molecule has 0 radical (unpaired) electrons. The van der Waals surface area contributed by atoms with Crippen molar-refractivity contribution in [2.45, 2.75) is 20.8 Å². The molecule has 0 bridgehead atoms. The number of nitrogens with one attached hydrogen (secondary N) is 3.